The highest BCUT2D eigenvalue weighted by atomic mass is 19.4. The first-order valence-electron chi connectivity index (χ1n) is 12.2. The Morgan fingerprint density at radius 2 is 1.81 bits per heavy atom. The molecule has 2 aliphatic rings. The topological polar surface area (TPSA) is 91.4 Å². The van der Waals surface area contributed by atoms with Gasteiger partial charge in [-0.1, -0.05) is 12.1 Å². The highest BCUT2D eigenvalue weighted by Crippen LogP contribution is 2.35. The molecule has 1 N–H and O–H groups in total. The van der Waals surface area contributed by atoms with Gasteiger partial charge in [-0.15, -0.1) is 0 Å². The van der Waals surface area contributed by atoms with Gasteiger partial charge in [-0.25, -0.2) is 9.59 Å². The fraction of sp³-hybridized carbons (Fsp3) is 0.560. The van der Waals surface area contributed by atoms with Crippen LogP contribution in [0.1, 0.15) is 37.9 Å². The number of esters is 1. The third-order valence-electron chi connectivity index (χ3n) is 6.49. The maximum atomic E-state index is 13.2. The van der Waals surface area contributed by atoms with Crippen molar-refractivity contribution in [2.75, 3.05) is 53.0 Å². The minimum absolute atomic E-state index is 0.0128. The van der Waals surface area contributed by atoms with Gasteiger partial charge in [0.1, 0.15) is 6.61 Å². The van der Waals surface area contributed by atoms with E-state index >= 15 is 0 Å². The Kier molecular flexibility index (Phi) is 9.19. The number of likely N-dealkylation sites (N-methyl/N-ethyl adjacent to an activating group) is 1. The average molecular weight is 527 g/mol. The molecule has 1 aromatic carbocycles. The van der Waals surface area contributed by atoms with E-state index < -0.39 is 29.8 Å². The number of nitrogens with zero attached hydrogens (tertiary/aromatic N) is 3. The fourth-order valence-corrected chi connectivity index (χ4v) is 4.74. The number of hydrogen-bond donors (Lipinski definition) is 1. The molecule has 9 nitrogen and oxygen atoms in total. The van der Waals surface area contributed by atoms with Crippen LogP contribution in [0.15, 0.2) is 35.5 Å². The maximum absolute atomic E-state index is 13.2. The second kappa shape index (κ2) is 12.0. The summed E-state index contributed by atoms with van der Waals surface area (Å²) in [5.74, 6) is -0.765. The quantitative estimate of drug-likeness (QED) is 0.524. The number of piperazine rings is 1. The van der Waals surface area contributed by atoms with Crippen LogP contribution in [0.3, 0.4) is 0 Å². The molecule has 0 aliphatic carbocycles. The predicted molar refractivity (Wildman–Crippen MR) is 128 cm³/mol. The van der Waals surface area contributed by atoms with Gasteiger partial charge in [0.2, 0.25) is 5.91 Å². The van der Waals surface area contributed by atoms with Crippen LogP contribution in [-0.2, 0) is 25.2 Å². The third-order valence-corrected chi connectivity index (χ3v) is 6.49. The molecule has 2 atom stereocenters. The van der Waals surface area contributed by atoms with E-state index in [0.29, 0.717) is 30.9 Å². The van der Waals surface area contributed by atoms with Crippen molar-refractivity contribution in [3.8, 4) is 0 Å². The van der Waals surface area contributed by atoms with Crippen LogP contribution in [-0.4, -0.2) is 91.7 Å². The summed E-state index contributed by atoms with van der Waals surface area (Å²) in [6.07, 6.45) is -4.51. The summed E-state index contributed by atoms with van der Waals surface area (Å²) in [6, 6.07) is 2.80. The Hall–Kier alpha value is -3.12. The first-order chi connectivity index (χ1) is 17.5. The van der Waals surface area contributed by atoms with E-state index in [1.165, 1.54) is 24.1 Å². The smallest absolute Gasteiger partial charge is 0.416 e. The van der Waals surface area contributed by atoms with Crippen LogP contribution in [0.25, 0.3) is 0 Å². The lowest BCUT2D eigenvalue weighted by Gasteiger charge is -2.42. The van der Waals surface area contributed by atoms with E-state index in [2.05, 4.69) is 5.32 Å². The molecule has 12 heteroatoms. The van der Waals surface area contributed by atoms with Gasteiger partial charge < -0.3 is 19.7 Å². The number of halogens is 3. The predicted octanol–water partition coefficient (Wildman–Crippen LogP) is 2.79. The minimum atomic E-state index is -4.51. The molecule has 204 valence electrons. The molecule has 2 unspecified atom stereocenters. The lowest BCUT2D eigenvalue weighted by atomic mass is 9.93. The van der Waals surface area contributed by atoms with E-state index in [9.17, 15) is 27.6 Å². The van der Waals surface area contributed by atoms with Crippen molar-refractivity contribution in [2.24, 2.45) is 0 Å². The first kappa shape index (κ1) is 28.5. The molecule has 1 aromatic rings. The SMILES string of the molecule is CCOC(=O)C1=C(CN2CCN(C(=O)COC)C(C)C2)N(CC)C(=O)NC1c1ccc(C(F)(F)F)cc1. The second-order valence-corrected chi connectivity index (χ2v) is 8.93. The van der Waals surface area contributed by atoms with Gasteiger partial charge in [0.15, 0.2) is 0 Å². The van der Waals surface area contributed by atoms with Crippen molar-refractivity contribution in [3.63, 3.8) is 0 Å². The lowest BCUT2D eigenvalue weighted by molar-refractivity contribution is -0.139. The lowest BCUT2D eigenvalue weighted by Crippen LogP contribution is -2.57. The molecule has 0 radical (unpaired) electrons. The number of benzene rings is 1. The molecule has 1 fully saturated rings. The van der Waals surface area contributed by atoms with Crippen molar-refractivity contribution in [1.29, 1.82) is 0 Å². The van der Waals surface area contributed by atoms with E-state index in [4.69, 9.17) is 9.47 Å². The molecule has 3 amide bonds. The Morgan fingerprint density at radius 3 is 2.35 bits per heavy atom. The highest BCUT2D eigenvalue weighted by molar-refractivity contribution is 5.95. The Balaban J connectivity index is 1.98. The number of carbonyl (C=O) groups excluding carboxylic acids is 3. The van der Waals surface area contributed by atoms with Gasteiger partial charge in [0.05, 0.1) is 23.8 Å². The van der Waals surface area contributed by atoms with Crippen molar-refractivity contribution in [1.82, 2.24) is 20.0 Å². The summed E-state index contributed by atoms with van der Waals surface area (Å²) >= 11 is 0. The summed E-state index contributed by atoms with van der Waals surface area (Å²) < 4.78 is 49.6. The van der Waals surface area contributed by atoms with Gasteiger partial charge in [-0.3, -0.25) is 14.6 Å². The van der Waals surface area contributed by atoms with Crippen molar-refractivity contribution in [3.05, 3.63) is 46.7 Å². The van der Waals surface area contributed by atoms with Gasteiger partial charge in [-0.05, 0) is 38.5 Å². The second-order valence-electron chi connectivity index (χ2n) is 8.93. The number of urea groups is 1. The average Bonchev–Trinajstić information content (AvgIpc) is 2.83. The van der Waals surface area contributed by atoms with Crippen molar-refractivity contribution >= 4 is 17.9 Å². The number of alkyl halides is 3. The molecular weight excluding hydrogens is 493 g/mol. The van der Waals surface area contributed by atoms with Crippen LogP contribution >= 0.6 is 0 Å². The van der Waals surface area contributed by atoms with E-state index in [1.807, 2.05) is 11.8 Å². The summed E-state index contributed by atoms with van der Waals surface area (Å²) in [5.41, 5.74) is 0.110. The van der Waals surface area contributed by atoms with Gasteiger partial charge >= 0.3 is 18.2 Å². The van der Waals surface area contributed by atoms with Crippen LogP contribution < -0.4 is 5.32 Å². The maximum Gasteiger partial charge on any atom is 0.416 e. The normalized spacial score (nSPS) is 21.2. The van der Waals surface area contributed by atoms with Crippen LogP contribution in [0.5, 0.6) is 0 Å². The van der Waals surface area contributed by atoms with E-state index in [-0.39, 0.29) is 43.8 Å². The molecule has 2 heterocycles. The zero-order chi connectivity index (χ0) is 27.3. The summed E-state index contributed by atoms with van der Waals surface area (Å²) in [6.45, 7) is 7.36. The molecule has 0 saturated carbocycles. The molecule has 0 spiro atoms. The van der Waals surface area contributed by atoms with Gasteiger partial charge in [0, 0.05) is 51.6 Å². The third kappa shape index (κ3) is 6.42. The van der Waals surface area contributed by atoms with Crippen LogP contribution in [0, 0.1) is 0 Å². The van der Waals surface area contributed by atoms with Crippen LogP contribution in [0.2, 0.25) is 0 Å². The number of rotatable bonds is 8. The van der Waals surface area contributed by atoms with E-state index in [0.717, 1.165) is 12.1 Å². The molecule has 0 aromatic heterocycles. The summed E-state index contributed by atoms with van der Waals surface area (Å²) in [4.78, 5) is 43.8. The van der Waals surface area contributed by atoms with Crippen LogP contribution in [0.4, 0.5) is 18.0 Å². The van der Waals surface area contributed by atoms with E-state index in [1.54, 1.807) is 18.7 Å². The first-order valence-corrected chi connectivity index (χ1v) is 12.2. The number of nitrogens with one attached hydrogen (secondary N) is 1. The molecule has 1 saturated heterocycles. The van der Waals surface area contributed by atoms with Gasteiger partial charge in [-0.2, -0.15) is 13.2 Å². The standard InChI is InChI=1S/C25H33F3N4O5/c1-5-31-19(14-30-11-12-32(16(3)13-30)20(33)15-36-4)21(23(34)37-6-2)22(29-24(31)35)17-7-9-18(10-8-17)25(26,27)28/h7-10,16,22H,5-6,11-15H2,1-4H3,(H,29,35). The molecule has 3 rings (SSSR count). The number of amides is 3. The summed E-state index contributed by atoms with van der Waals surface area (Å²) in [7, 11) is 1.46. The molecular formula is C25H33F3N4O5. The number of methoxy groups -OCH3 is 1. The number of hydrogen-bond acceptors (Lipinski definition) is 6. The molecule has 0 bridgehead atoms. The van der Waals surface area contributed by atoms with Crippen molar-refractivity contribution in [2.45, 2.75) is 39.0 Å². The Morgan fingerprint density at radius 1 is 1.14 bits per heavy atom. The fourth-order valence-electron chi connectivity index (χ4n) is 4.74. The summed E-state index contributed by atoms with van der Waals surface area (Å²) in [5, 5.41) is 2.76. The Bertz CT molecular complexity index is 1030. The highest BCUT2D eigenvalue weighted by Gasteiger charge is 2.39. The number of ether oxygens (including phenoxy) is 2. The molecule has 2 aliphatic heterocycles. The molecule has 37 heavy (non-hydrogen) atoms. The number of carbonyl (C=O) groups is 3. The Labute approximate surface area is 214 Å². The van der Waals surface area contributed by atoms with Gasteiger partial charge in [0.25, 0.3) is 0 Å². The zero-order valence-electron chi connectivity index (χ0n) is 21.4. The monoisotopic (exact) mass is 526 g/mol. The van der Waals surface area contributed by atoms with Crippen molar-refractivity contribution < 1.29 is 37.0 Å². The minimum Gasteiger partial charge on any atom is -0.463 e. The largest absolute Gasteiger partial charge is 0.463 e. The zero-order valence-corrected chi connectivity index (χ0v) is 21.4.